The first-order valence-corrected chi connectivity index (χ1v) is 9.19. The molecule has 1 amide bonds. The Morgan fingerprint density at radius 1 is 1.43 bits per heavy atom. The van der Waals surface area contributed by atoms with Gasteiger partial charge >= 0.3 is 0 Å². The van der Waals surface area contributed by atoms with Crippen molar-refractivity contribution in [1.82, 2.24) is 5.32 Å². The largest absolute Gasteiger partial charge is 0.496 e. The lowest BCUT2D eigenvalue weighted by Gasteiger charge is -2.16. The maximum atomic E-state index is 12.3. The number of anilines is 1. The van der Waals surface area contributed by atoms with Crippen molar-refractivity contribution < 1.29 is 17.9 Å². The van der Waals surface area contributed by atoms with Gasteiger partial charge in [0, 0.05) is 24.3 Å². The summed E-state index contributed by atoms with van der Waals surface area (Å²) in [6.45, 7) is 0.310. The normalized spacial score (nSPS) is 15.4. The van der Waals surface area contributed by atoms with E-state index in [0.717, 1.165) is 12.8 Å². The molecule has 6 nitrogen and oxygen atoms in total. The predicted octanol–water partition coefficient (Wildman–Crippen LogP) is 1.91. The van der Waals surface area contributed by atoms with Crippen LogP contribution in [0.5, 0.6) is 5.75 Å². The van der Waals surface area contributed by atoms with Crippen molar-refractivity contribution in [3.63, 3.8) is 0 Å². The van der Waals surface area contributed by atoms with Gasteiger partial charge in [-0.1, -0.05) is 11.6 Å². The van der Waals surface area contributed by atoms with Crippen LogP contribution in [0.2, 0.25) is 5.02 Å². The number of hydrogen-bond donors (Lipinski definition) is 2. The van der Waals surface area contributed by atoms with Gasteiger partial charge in [-0.2, -0.15) is 0 Å². The highest BCUT2D eigenvalue weighted by Crippen LogP contribution is 2.46. The first-order chi connectivity index (χ1) is 10.2. The Kier molecular flexibility index (Phi) is 6.18. The minimum absolute atomic E-state index is 0. The molecule has 0 saturated heterocycles. The zero-order valence-corrected chi connectivity index (χ0v) is 15.3. The maximum absolute atomic E-state index is 12.3. The number of nitrogens with two attached hydrogens (primary N) is 1. The van der Waals surface area contributed by atoms with Crippen LogP contribution in [0.1, 0.15) is 23.2 Å². The van der Waals surface area contributed by atoms with Gasteiger partial charge in [0.2, 0.25) is 0 Å². The van der Waals surface area contributed by atoms with E-state index in [2.05, 4.69) is 5.32 Å². The van der Waals surface area contributed by atoms with Crippen LogP contribution in [0.25, 0.3) is 0 Å². The molecule has 0 bridgehead atoms. The number of nitrogens with one attached hydrogen (secondary N) is 1. The number of rotatable bonds is 6. The van der Waals surface area contributed by atoms with Crippen molar-refractivity contribution in [1.29, 1.82) is 0 Å². The molecule has 3 N–H and O–H groups in total. The van der Waals surface area contributed by atoms with Gasteiger partial charge in [0.05, 0.1) is 29.1 Å². The van der Waals surface area contributed by atoms with Crippen LogP contribution in [-0.4, -0.2) is 40.0 Å². The second kappa shape index (κ2) is 7.15. The van der Waals surface area contributed by atoms with Gasteiger partial charge < -0.3 is 15.8 Å². The summed E-state index contributed by atoms with van der Waals surface area (Å²) in [5.74, 6) is 0.0470. The third-order valence-corrected chi connectivity index (χ3v) is 5.18. The van der Waals surface area contributed by atoms with Crippen molar-refractivity contribution in [2.75, 3.05) is 31.4 Å². The van der Waals surface area contributed by atoms with Gasteiger partial charge in [-0.3, -0.25) is 4.79 Å². The Bertz CT molecular complexity index is 703. The van der Waals surface area contributed by atoms with Crippen molar-refractivity contribution >= 4 is 45.4 Å². The number of nitrogen functional groups attached to an aromatic ring is 1. The molecule has 0 radical (unpaired) electrons. The van der Waals surface area contributed by atoms with Crippen LogP contribution < -0.4 is 15.8 Å². The summed E-state index contributed by atoms with van der Waals surface area (Å²) in [4.78, 5) is 12.3. The van der Waals surface area contributed by atoms with Crippen molar-refractivity contribution in [2.45, 2.75) is 12.8 Å². The van der Waals surface area contributed by atoms with Gasteiger partial charge in [0.15, 0.2) is 0 Å². The molecule has 0 aliphatic heterocycles. The first kappa shape index (κ1) is 19.9. The highest BCUT2D eigenvalue weighted by Gasteiger charge is 2.45. The van der Waals surface area contributed by atoms with Crippen LogP contribution in [0.15, 0.2) is 12.1 Å². The van der Waals surface area contributed by atoms with Gasteiger partial charge in [-0.15, -0.1) is 12.4 Å². The molecule has 0 spiro atoms. The zero-order valence-electron chi connectivity index (χ0n) is 12.9. The fraction of sp³-hybridized carbons (Fsp3) is 0.500. The number of amides is 1. The molecule has 1 saturated carbocycles. The number of carbonyl (C=O) groups excluding carboxylic acids is 1. The summed E-state index contributed by atoms with van der Waals surface area (Å²) in [5.41, 5.74) is 5.94. The average Bonchev–Trinajstić information content (AvgIpc) is 3.16. The van der Waals surface area contributed by atoms with Gasteiger partial charge in [-0.05, 0) is 18.9 Å². The quantitative estimate of drug-likeness (QED) is 0.732. The standard InChI is InChI=1S/C14H19ClN2O4S.ClH/c1-21-12-6-11(16)10(15)5-9(12)13(18)17-7-14(3-4-14)8-22(2,19)20;/h5-6H,3-4,7-8,16H2,1-2H3,(H,17,18);1H. The molecule has 1 aromatic carbocycles. The van der Waals surface area contributed by atoms with Crippen LogP contribution >= 0.6 is 24.0 Å². The molecule has 1 fully saturated rings. The molecule has 9 heteroatoms. The smallest absolute Gasteiger partial charge is 0.255 e. The summed E-state index contributed by atoms with van der Waals surface area (Å²) >= 11 is 5.94. The first-order valence-electron chi connectivity index (χ1n) is 6.75. The third-order valence-electron chi connectivity index (χ3n) is 3.71. The minimum Gasteiger partial charge on any atom is -0.496 e. The second-order valence-corrected chi connectivity index (χ2v) is 8.37. The highest BCUT2D eigenvalue weighted by molar-refractivity contribution is 7.90. The Balaban J connectivity index is 0.00000264. The van der Waals surface area contributed by atoms with E-state index in [4.69, 9.17) is 22.1 Å². The molecule has 0 unspecified atom stereocenters. The molecular weight excluding hydrogens is 363 g/mol. The lowest BCUT2D eigenvalue weighted by atomic mass is 10.1. The van der Waals surface area contributed by atoms with Crippen molar-refractivity contribution in [2.24, 2.45) is 5.41 Å². The van der Waals surface area contributed by atoms with Crippen LogP contribution in [0, 0.1) is 5.41 Å². The number of halogens is 2. The molecule has 0 aromatic heterocycles. The number of benzene rings is 1. The summed E-state index contributed by atoms with van der Waals surface area (Å²) in [5, 5.41) is 3.03. The number of hydrogen-bond acceptors (Lipinski definition) is 5. The Morgan fingerprint density at radius 3 is 2.52 bits per heavy atom. The van der Waals surface area contributed by atoms with E-state index in [1.165, 1.54) is 25.5 Å². The van der Waals surface area contributed by atoms with Gasteiger partial charge in [-0.25, -0.2) is 8.42 Å². The predicted molar refractivity (Wildman–Crippen MR) is 93.4 cm³/mol. The van der Waals surface area contributed by atoms with Gasteiger partial charge in [0.1, 0.15) is 15.6 Å². The molecule has 1 aliphatic rings. The van der Waals surface area contributed by atoms with Crippen LogP contribution in [0.4, 0.5) is 5.69 Å². The molecule has 0 atom stereocenters. The van der Waals surface area contributed by atoms with E-state index < -0.39 is 9.84 Å². The Morgan fingerprint density at radius 2 is 2.04 bits per heavy atom. The fourth-order valence-electron chi connectivity index (χ4n) is 2.38. The molecule has 2 rings (SSSR count). The maximum Gasteiger partial charge on any atom is 0.255 e. The van der Waals surface area contributed by atoms with Crippen LogP contribution in [0.3, 0.4) is 0 Å². The number of sulfone groups is 1. The Hall–Kier alpha value is -1.18. The van der Waals surface area contributed by atoms with Gasteiger partial charge in [0.25, 0.3) is 5.91 Å². The summed E-state index contributed by atoms with van der Waals surface area (Å²) < 4.78 is 28.0. The SMILES string of the molecule is COc1cc(N)c(Cl)cc1C(=O)NCC1(CS(C)(=O)=O)CC1.Cl. The lowest BCUT2D eigenvalue weighted by Crippen LogP contribution is -2.33. The van der Waals surface area contributed by atoms with Crippen LogP contribution in [-0.2, 0) is 9.84 Å². The highest BCUT2D eigenvalue weighted by atomic mass is 35.5. The van der Waals surface area contributed by atoms with E-state index in [0.29, 0.717) is 18.0 Å². The topological polar surface area (TPSA) is 98.5 Å². The molecule has 23 heavy (non-hydrogen) atoms. The van der Waals surface area contributed by atoms with E-state index in [9.17, 15) is 13.2 Å². The summed E-state index contributed by atoms with van der Waals surface area (Å²) in [7, 11) is -1.63. The Labute approximate surface area is 147 Å². The summed E-state index contributed by atoms with van der Waals surface area (Å²) in [6, 6.07) is 2.93. The zero-order chi connectivity index (χ0) is 16.5. The van der Waals surface area contributed by atoms with E-state index >= 15 is 0 Å². The third kappa shape index (κ3) is 5.16. The van der Waals surface area contributed by atoms with E-state index in [1.54, 1.807) is 0 Å². The molecule has 130 valence electrons. The number of ether oxygens (including phenoxy) is 1. The average molecular weight is 383 g/mol. The van der Waals surface area contributed by atoms with E-state index in [-0.39, 0.29) is 40.1 Å². The summed E-state index contributed by atoms with van der Waals surface area (Å²) in [6.07, 6.45) is 2.79. The van der Waals surface area contributed by atoms with Crippen molar-refractivity contribution in [3.05, 3.63) is 22.7 Å². The molecule has 1 aromatic rings. The minimum atomic E-state index is -3.07. The van der Waals surface area contributed by atoms with Crippen molar-refractivity contribution in [3.8, 4) is 5.75 Å². The lowest BCUT2D eigenvalue weighted by molar-refractivity contribution is 0.0943. The molecule has 0 heterocycles. The van der Waals surface area contributed by atoms with E-state index in [1.807, 2.05) is 0 Å². The second-order valence-electron chi connectivity index (χ2n) is 5.83. The number of methoxy groups -OCH3 is 1. The fourth-order valence-corrected chi connectivity index (χ4v) is 4.05. The molecular formula is C14H20Cl2N2O4S. The monoisotopic (exact) mass is 382 g/mol. The molecule has 1 aliphatic carbocycles. The number of carbonyl (C=O) groups is 1.